The van der Waals surface area contributed by atoms with Crippen molar-refractivity contribution in [2.24, 2.45) is 28.7 Å². The van der Waals surface area contributed by atoms with Crippen molar-refractivity contribution in [1.29, 1.82) is 0 Å². The van der Waals surface area contributed by atoms with Crippen LogP contribution in [0.25, 0.3) is 0 Å². The number of rotatable bonds is 15. The fourth-order valence-electron chi connectivity index (χ4n) is 5.73. The van der Waals surface area contributed by atoms with Crippen LogP contribution in [0.3, 0.4) is 0 Å². The molecule has 43 heavy (non-hydrogen) atoms. The minimum Gasteiger partial charge on any atom is -0.394 e. The summed E-state index contributed by atoms with van der Waals surface area (Å²) in [4.78, 5) is 0. The van der Waals surface area contributed by atoms with Crippen LogP contribution in [-0.4, -0.2) is 168 Å². The number of aliphatic hydroxyl groups excluding tert-OH is 6. The fourth-order valence-corrected chi connectivity index (χ4v) is 5.73. The lowest BCUT2D eigenvalue weighted by atomic mass is 9.84. The van der Waals surface area contributed by atoms with Crippen LogP contribution in [-0.2, 0) is 23.7 Å². The molecule has 18 heteroatoms. The van der Waals surface area contributed by atoms with Gasteiger partial charge in [-0.25, -0.2) is 0 Å². The van der Waals surface area contributed by atoms with Crippen LogP contribution < -0.4 is 39.3 Å². The van der Waals surface area contributed by atoms with E-state index in [0.717, 1.165) is 0 Å². The van der Waals surface area contributed by atoms with Gasteiger partial charge < -0.3 is 93.6 Å². The van der Waals surface area contributed by atoms with Gasteiger partial charge in [0.1, 0.15) is 30.5 Å². The van der Waals surface area contributed by atoms with E-state index in [0.29, 0.717) is 0 Å². The second kappa shape index (κ2) is 16.7. The summed E-state index contributed by atoms with van der Waals surface area (Å²) in [6, 6.07) is -3.83. The van der Waals surface area contributed by atoms with Crippen LogP contribution in [0.4, 0.5) is 0 Å². The molecule has 3 fully saturated rings. The fraction of sp³-hybridized carbons (Fsp3) is 1.00. The first kappa shape index (κ1) is 36.7. The first-order valence-corrected chi connectivity index (χ1v) is 14.7. The smallest absolute Gasteiger partial charge is 0.189 e. The molecule has 1 saturated carbocycles. The zero-order valence-corrected chi connectivity index (χ0v) is 24.7. The monoisotopic (exact) mass is 627 g/mol. The molecule has 0 amide bonds. The van der Waals surface area contributed by atoms with Crippen LogP contribution in [0.2, 0.25) is 0 Å². The third kappa shape index (κ3) is 8.76. The summed E-state index contributed by atoms with van der Waals surface area (Å²) in [5.41, 5.74) is 29.7. The van der Waals surface area contributed by atoms with Crippen LogP contribution in [0.5, 0.6) is 0 Å². The molecule has 0 aromatic rings. The van der Waals surface area contributed by atoms with Gasteiger partial charge in [-0.2, -0.15) is 0 Å². The normalized spacial score (nSPS) is 41.4. The Kier molecular flexibility index (Phi) is 14.3. The molecule has 1 aliphatic carbocycles. The van der Waals surface area contributed by atoms with Crippen LogP contribution in [0.15, 0.2) is 0 Å². The minimum absolute atomic E-state index is 0.136. The third-order valence-corrected chi connectivity index (χ3v) is 8.42. The van der Waals surface area contributed by atoms with E-state index in [2.05, 4.69) is 10.6 Å². The molecule has 3 rings (SSSR count). The molecular formula is C25H53N7O11. The Morgan fingerprint density at radius 2 is 1.56 bits per heavy atom. The third-order valence-electron chi connectivity index (χ3n) is 8.42. The highest BCUT2D eigenvalue weighted by Crippen LogP contribution is 2.34. The van der Waals surface area contributed by atoms with Crippen molar-refractivity contribution in [1.82, 2.24) is 10.6 Å². The Balaban J connectivity index is 1.70. The Hall–Kier alpha value is -0.720. The topological polar surface area (TPSA) is 322 Å². The van der Waals surface area contributed by atoms with Crippen molar-refractivity contribution in [3.63, 3.8) is 0 Å². The average Bonchev–Trinajstić information content (AvgIpc) is 2.98. The summed E-state index contributed by atoms with van der Waals surface area (Å²) in [7, 11) is 1.55. The predicted octanol–water partition coefficient (Wildman–Crippen LogP) is -7.39. The summed E-state index contributed by atoms with van der Waals surface area (Å²) in [6.07, 6.45) is -12.5. The molecule has 18 nitrogen and oxygen atoms in total. The van der Waals surface area contributed by atoms with Crippen molar-refractivity contribution in [2.75, 3.05) is 33.4 Å². The summed E-state index contributed by atoms with van der Waals surface area (Å²) in [5.74, 6) is 0. The molecule has 0 bridgehead atoms. The van der Waals surface area contributed by atoms with E-state index in [-0.39, 0.29) is 32.0 Å². The number of aliphatic hydroxyl groups is 6. The predicted molar refractivity (Wildman–Crippen MR) is 151 cm³/mol. The van der Waals surface area contributed by atoms with Gasteiger partial charge >= 0.3 is 0 Å². The van der Waals surface area contributed by atoms with E-state index < -0.39 is 111 Å². The largest absolute Gasteiger partial charge is 0.394 e. The van der Waals surface area contributed by atoms with Crippen molar-refractivity contribution >= 4 is 0 Å². The Morgan fingerprint density at radius 1 is 0.884 bits per heavy atom. The molecule has 18 N–H and O–H groups in total. The maximum Gasteiger partial charge on any atom is 0.189 e. The molecule has 0 spiro atoms. The van der Waals surface area contributed by atoms with Crippen molar-refractivity contribution < 1.29 is 54.3 Å². The lowest BCUT2D eigenvalue weighted by Gasteiger charge is -2.51. The first-order valence-electron chi connectivity index (χ1n) is 14.7. The highest BCUT2D eigenvalue weighted by molar-refractivity contribution is 5.01. The number of ether oxygens (including phenoxy) is 5. The minimum atomic E-state index is -1.53. The van der Waals surface area contributed by atoms with Crippen molar-refractivity contribution in [3.8, 4) is 0 Å². The lowest BCUT2D eigenvalue weighted by Crippen LogP contribution is -2.69. The van der Waals surface area contributed by atoms with E-state index in [1.807, 2.05) is 0 Å². The van der Waals surface area contributed by atoms with Gasteiger partial charge in [0.25, 0.3) is 0 Å². The van der Waals surface area contributed by atoms with Gasteiger partial charge in [0, 0.05) is 37.3 Å². The molecule has 3 aliphatic rings. The molecule has 16 unspecified atom stereocenters. The van der Waals surface area contributed by atoms with Gasteiger partial charge in [-0.3, -0.25) is 0 Å². The van der Waals surface area contributed by atoms with Gasteiger partial charge in [-0.1, -0.05) is 0 Å². The summed E-state index contributed by atoms with van der Waals surface area (Å²) in [6.45, 7) is 1.04. The van der Waals surface area contributed by atoms with Gasteiger partial charge in [0.2, 0.25) is 0 Å². The number of fused-ring (bicyclic) bond motifs is 1. The maximum absolute atomic E-state index is 11.3. The number of likely N-dealkylation sites (N-methyl/N-ethyl adjacent to an activating group) is 1. The Morgan fingerprint density at radius 3 is 2.14 bits per heavy atom. The maximum atomic E-state index is 11.3. The SMILES string of the molecule is CNC1C(OC(OC(CO)C(C)NC(CN)CN)C(O)CO)OC2CC(N)C(OC3C(N)CC(N)C(O)C3O)OC2C1O. The average molecular weight is 628 g/mol. The van der Waals surface area contributed by atoms with Gasteiger partial charge in [-0.05, 0) is 26.8 Å². The zero-order valence-electron chi connectivity index (χ0n) is 24.7. The second-order valence-corrected chi connectivity index (χ2v) is 11.6. The van der Waals surface area contributed by atoms with Crippen LogP contribution in [0, 0.1) is 0 Å². The molecule has 16 atom stereocenters. The van der Waals surface area contributed by atoms with Gasteiger partial charge in [0.05, 0.1) is 43.6 Å². The molecule has 0 aromatic heterocycles. The van der Waals surface area contributed by atoms with Crippen molar-refractivity contribution in [2.45, 2.75) is 124 Å². The van der Waals surface area contributed by atoms with Crippen molar-refractivity contribution in [3.05, 3.63) is 0 Å². The molecule has 2 saturated heterocycles. The molecule has 2 heterocycles. The summed E-state index contributed by atoms with van der Waals surface area (Å²) >= 11 is 0. The standard InChI is InChI=1S/C25H53N7O11/c1-9(32-10(5-26)6-27)16(8-34)40-24(14(35)7-33)43-25-17(31-2)19(37)22-15(39-25)4-13(30)23(42-22)41-21-12(29)3-11(28)18(36)20(21)38/h9-25,31-38H,3-8,26-30H2,1-2H3. The number of nitrogens with two attached hydrogens (primary N) is 5. The molecule has 254 valence electrons. The van der Waals surface area contributed by atoms with Crippen LogP contribution >= 0.6 is 0 Å². The number of hydrogen-bond donors (Lipinski definition) is 13. The first-order chi connectivity index (χ1) is 20.4. The Labute approximate surface area is 251 Å². The molecule has 0 aromatic carbocycles. The zero-order chi connectivity index (χ0) is 32.0. The van der Waals surface area contributed by atoms with E-state index in [1.165, 1.54) is 0 Å². The second-order valence-electron chi connectivity index (χ2n) is 11.6. The van der Waals surface area contributed by atoms with Crippen LogP contribution in [0.1, 0.15) is 19.8 Å². The highest BCUT2D eigenvalue weighted by atomic mass is 16.8. The molecular weight excluding hydrogens is 574 g/mol. The van der Waals surface area contributed by atoms with Gasteiger partial charge in [-0.15, -0.1) is 0 Å². The quantitative estimate of drug-likeness (QED) is 0.0749. The van der Waals surface area contributed by atoms with E-state index in [9.17, 15) is 30.6 Å². The molecule has 0 radical (unpaired) electrons. The van der Waals surface area contributed by atoms with E-state index in [1.54, 1.807) is 14.0 Å². The van der Waals surface area contributed by atoms with E-state index in [4.69, 9.17) is 52.4 Å². The lowest BCUT2D eigenvalue weighted by molar-refractivity contribution is -0.363. The van der Waals surface area contributed by atoms with E-state index >= 15 is 0 Å². The summed E-state index contributed by atoms with van der Waals surface area (Å²) < 4.78 is 29.9. The Bertz CT molecular complexity index is 822. The highest BCUT2D eigenvalue weighted by Gasteiger charge is 2.53. The number of nitrogens with one attached hydrogen (secondary N) is 2. The molecule has 2 aliphatic heterocycles. The summed E-state index contributed by atoms with van der Waals surface area (Å²) in [5, 5.41) is 68.3. The number of hydrogen-bond acceptors (Lipinski definition) is 18. The van der Waals surface area contributed by atoms with Gasteiger partial charge in [0.15, 0.2) is 18.9 Å².